The third-order valence-electron chi connectivity index (χ3n) is 5.74. The van der Waals surface area contributed by atoms with E-state index in [4.69, 9.17) is 9.47 Å². The van der Waals surface area contributed by atoms with Gasteiger partial charge in [0.25, 0.3) is 0 Å². The number of rotatable bonds is 6. The van der Waals surface area contributed by atoms with Crippen molar-refractivity contribution in [3.63, 3.8) is 0 Å². The number of nitrogens with zero attached hydrogens (tertiary/aromatic N) is 2. The summed E-state index contributed by atoms with van der Waals surface area (Å²) in [6.45, 7) is 1.55. The summed E-state index contributed by atoms with van der Waals surface area (Å²) in [5.41, 5.74) is -1.25. The number of aliphatic imine (C=N–C) groups is 1. The van der Waals surface area contributed by atoms with Crippen LogP contribution in [0.25, 0.3) is 0 Å². The summed E-state index contributed by atoms with van der Waals surface area (Å²) < 4.78 is 52.6. The summed E-state index contributed by atoms with van der Waals surface area (Å²) in [6, 6.07) is 4.86. The van der Waals surface area contributed by atoms with E-state index in [0.29, 0.717) is 12.8 Å². The van der Waals surface area contributed by atoms with Gasteiger partial charge in [0.1, 0.15) is 11.9 Å². The Hall–Kier alpha value is -3.30. The van der Waals surface area contributed by atoms with E-state index in [0.717, 1.165) is 26.0 Å². The van der Waals surface area contributed by atoms with E-state index in [1.54, 1.807) is 25.9 Å². The molecule has 0 spiro atoms. The van der Waals surface area contributed by atoms with Crippen molar-refractivity contribution in [3.05, 3.63) is 58.1 Å². The third-order valence-corrected chi connectivity index (χ3v) is 5.74. The fraction of sp³-hybridized carbons (Fsp3) is 0.458. The Kier molecular flexibility index (Phi) is 7.68. The van der Waals surface area contributed by atoms with Crippen molar-refractivity contribution in [2.24, 2.45) is 4.99 Å². The second-order valence-electron chi connectivity index (χ2n) is 8.46. The van der Waals surface area contributed by atoms with Crippen LogP contribution in [0.1, 0.15) is 49.7 Å². The highest BCUT2D eigenvalue weighted by Gasteiger charge is 2.44. The molecular formula is C24H28F3N3O4. The van der Waals surface area contributed by atoms with E-state index in [-0.39, 0.29) is 34.3 Å². The van der Waals surface area contributed by atoms with E-state index in [1.165, 1.54) is 24.5 Å². The van der Waals surface area contributed by atoms with Crippen molar-refractivity contribution >= 4 is 18.3 Å². The molecule has 3 rings (SSSR count). The molecule has 1 aromatic carbocycles. The first-order valence-electron chi connectivity index (χ1n) is 10.9. The lowest BCUT2D eigenvalue weighted by Crippen LogP contribution is -2.34. The van der Waals surface area contributed by atoms with Gasteiger partial charge in [-0.2, -0.15) is 13.2 Å². The van der Waals surface area contributed by atoms with Gasteiger partial charge in [0.2, 0.25) is 0 Å². The average molecular weight is 479 g/mol. The zero-order valence-corrected chi connectivity index (χ0v) is 19.5. The fourth-order valence-corrected chi connectivity index (χ4v) is 4.22. The molecule has 0 amide bonds. The molecule has 2 aliphatic rings. The number of carbonyl (C=O) groups excluding carboxylic acids is 2. The monoisotopic (exact) mass is 479 g/mol. The number of carbonyl (C=O) groups is 2. The lowest BCUT2D eigenvalue weighted by atomic mass is 9.79. The maximum Gasteiger partial charge on any atom is 0.416 e. The van der Waals surface area contributed by atoms with Crippen molar-refractivity contribution in [2.45, 2.75) is 50.8 Å². The van der Waals surface area contributed by atoms with Gasteiger partial charge in [-0.3, -0.25) is 0 Å². The van der Waals surface area contributed by atoms with Gasteiger partial charge < -0.3 is 19.7 Å². The van der Waals surface area contributed by atoms with Crippen LogP contribution in [0.3, 0.4) is 0 Å². The smallest absolute Gasteiger partial charge is 0.416 e. The van der Waals surface area contributed by atoms with Gasteiger partial charge in [0.15, 0.2) is 0 Å². The molecule has 0 saturated heterocycles. The highest BCUT2D eigenvalue weighted by atomic mass is 19.4. The maximum atomic E-state index is 14.0. The Bertz CT molecular complexity index is 1040. The molecule has 1 aliphatic carbocycles. The van der Waals surface area contributed by atoms with Crippen LogP contribution in [0.4, 0.5) is 13.2 Å². The molecular weight excluding hydrogens is 451 g/mol. The van der Waals surface area contributed by atoms with Crippen LogP contribution in [0.5, 0.6) is 0 Å². The predicted octanol–water partition coefficient (Wildman–Crippen LogP) is 4.13. The first-order chi connectivity index (χ1) is 16.0. The van der Waals surface area contributed by atoms with Crippen LogP contribution in [-0.2, 0) is 25.2 Å². The SMILES string of the molecule is COC(=O)C1=C(N=CN(C)C)NC(C)=C(C(=O)OC2CCCC2)C1c1ccccc1C(F)(F)F. The average Bonchev–Trinajstić information content (AvgIpc) is 3.28. The van der Waals surface area contributed by atoms with E-state index in [9.17, 15) is 22.8 Å². The van der Waals surface area contributed by atoms with Gasteiger partial charge in [-0.25, -0.2) is 14.6 Å². The molecule has 10 heteroatoms. The van der Waals surface area contributed by atoms with Gasteiger partial charge in [-0.1, -0.05) is 18.2 Å². The number of dihydropyridines is 1. The van der Waals surface area contributed by atoms with Crippen molar-refractivity contribution in [1.82, 2.24) is 10.2 Å². The number of alkyl halides is 3. The first-order valence-corrected chi connectivity index (χ1v) is 10.9. The number of allylic oxidation sites excluding steroid dienone is 1. The molecule has 0 aromatic heterocycles. The molecule has 1 aliphatic heterocycles. The number of esters is 2. The van der Waals surface area contributed by atoms with Crippen molar-refractivity contribution in [3.8, 4) is 0 Å². The maximum absolute atomic E-state index is 14.0. The number of nitrogens with one attached hydrogen (secondary N) is 1. The Morgan fingerprint density at radius 1 is 1.12 bits per heavy atom. The predicted molar refractivity (Wildman–Crippen MR) is 120 cm³/mol. The normalized spacial score (nSPS) is 19.4. The number of hydrogen-bond donors (Lipinski definition) is 1. The Labute approximate surface area is 196 Å². The van der Waals surface area contributed by atoms with E-state index < -0.39 is 29.6 Å². The minimum absolute atomic E-state index is 0.00237. The van der Waals surface area contributed by atoms with Gasteiger partial charge in [0.05, 0.1) is 36.1 Å². The van der Waals surface area contributed by atoms with Crippen LogP contribution in [-0.4, -0.2) is 50.5 Å². The molecule has 1 unspecified atom stereocenters. The standard InChI is InChI=1S/C24H28F3N3O4/c1-14-18(23(32)34-15-9-5-6-10-15)19(16-11-7-8-12-17(16)24(25,26)27)20(22(31)33-4)21(29-14)28-13-30(2)3/h7-8,11-13,15,19,29H,5-6,9-10H2,1-4H3. The van der Waals surface area contributed by atoms with Gasteiger partial charge in [-0.05, 0) is 44.2 Å². The summed E-state index contributed by atoms with van der Waals surface area (Å²) in [6.07, 6.45) is -0.445. The second kappa shape index (κ2) is 10.3. The minimum Gasteiger partial charge on any atom is -0.466 e. The van der Waals surface area contributed by atoms with E-state index >= 15 is 0 Å². The highest BCUT2D eigenvalue weighted by molar-refractivity contribution is 6.00. The van der Waals surface area contributed by atoms with Crippen LogP contribution >= 0.6 is 0 Å². The van der Waals surface area contributed by atoms with Gasteiger partial charge >= 0.3 is 18.1 Å². The van der Waals surface area contributed by atoms with Crippen LogP contribution in [0.15, 0.2) is 51.9 Å². The summed E-state index contributed by atoms with van der Waals surface area (Å²) in [5, 5.41) is 2.90. The molecule has 0 radical (unpaired) electrons. The van der Waals surface area contributed by atoms with Crippen LogP contribution in [0, 0.1) is 0 Å². The summed E-state index contributed by atoms with van der Waals surface area (Å²) >= 11 is 0. The molecule has 1 saturated carbocycles. The topological polar surface area (TPSA) is 80.2 Å². The quantitative estimate of drug-likeness (QED) is 0.376. The summed E-state index contributed by atoms with van der Waals surface area (Å²) in [7, 11) is 4.53. The lowest BCUT2D eigenvalue weighted by molar-refractivity contribution is -0.145. The fourth-order valence-electron chi connectivity index (χ4n) is 4.22. The molecule has 1 fully saturated rings. The first kappa shape index (κ1) is 25.3. The second-order valence-corrected chi connectivity index (χ2v) is 8.46. The highest BCUT2D eigenvalue weighted by Crippen LogP contribution is 2.45. The largest absolute Gasteiger partial charge is 0.466 e. The number of benzene rings is 1. The minimum atomic E-state index is -4.72. The van der Waals surface area contributed by atoms with E-state index in [2.05, 4.69) is 10.3 Å². The molecule has 34 heavy (non-hydrogen) atoms. The molecule has 184 valence electrons. The Morgan fingerprint density at radius 3 is 2.35 bits per heavy atom. The molecule has 0 bridgehead atoms. The molecule has 1 aromatic rings. The number of ether oxygens (including phenoxy) is 2. The zero-order valence-electron chi connectivity index (χ0n) is 19.5. The number of halogens is 3. The van der Waals surface area contributed by atoms with Crippen molar-refractivity contribution < 1.29 is 32.2 Å². The van der Waals surface area contributed by atoms with Crippen LogP contribution < -0.4 is 5.32 Å². The van der Waals surface area contributed by atoms with Crippen molar-refractivity contribution in [2.75, 3.05) is 21.2 Å². The Balaban J connectivity index is 2.24. The summed E-state index contributed by atoms with van der Waals surface area (Å²) in [4.78, 5) is 32.1. The van der Waals surface area contributed by atoms with Crippen molar-refractivity contribution in [1.29, 1.82) is 0 Å². The zero-order chi connectivity index (χ0) is 25.0. The molecule has 1 heterocycles. The van der Waals surface area contributed by atoms with Gasteiger partial charge in [-0.15, -0.1) is 0 Å². The number of methoxy groups -OCH3 is 1. The lowest BCUT2D eigenvalue weighted by Gasteiger charge is -2.31. The Morgan fingerprint density at radius 2 is 1.76 bits per heavy atom. The molecule has 7 nitrogen and oxygen atoms in total. The third kappa shape index (κ3) is 5.43. The van der Waals surface area contributed by atoms with Gasteiger partial charge in [0, 0.05) is 19.8 Å². The van der Waals surface area contributed by atoms with Crippen LogP contribution in [0.2, 0.25) is 0 Å². The summed E-state index contributed by atoms with van der Waals surface area (Å²) in [5.74, 6) is -3.07. The van der Waals surface area contributed by atoms with E-state index in [1.807, 2.05) is 0 Å². The number of hydrogen-bond acceptors (Lipinski definition) is 6. The molecule has 1 N–H and O–H groups in total. The molecule has 1 atom stereocenters.